The number of aromatic nitrogens is 4. The first-order valence-electron chi connectivity index (χ1n) is 5.71. The zero-order chi connectivity index (χ0) is 13.6. The second kappa shape index (κ2) is 3.98. The van der Waals surface area contributed by atoms with Crippen LogP contribution < -0.4 is 11.2 Å². The van der Waals surface area contributed by atoms with Crippen molar-refractivity contribution in [2.24, 2.45) is 14.1 Å². The summed E-state index contributed by atoms with van der Waals surface area (Å²) in [4.78, 5) is 28.6. The Morgan fingerprint density at radius 1 is 1.32 bits per heavy atom. The summed E-state index contributed by atoms with van der Waals surface area (Å²) < 4.78 is 9.11. The third-order valence-electron chi connectivity index (χ3n) is 3.12. The molecule has 0 spiro atoms. The van der Waals surface area contributed by atoms with Crippen molar-refractivity contribution in [3.05, 3.63) is 51.3 Å². The number of aryl methyl sites for hydroxylation is 2. The van der Waals surface area contributed by atoms with Crippen LogP contribution in [0.3, 0.4) is 0 Å². The van der Waals surface area contributed by atoms with Gasteiger partial charge in [-0.3, -0.25) is 13.9 Å². The average molecular weight is 260 g/mol. The molecule has 7 nitrogen and oxygen atoms in total. The topological polar surface area (TPSA) is 75.0 Å². The molecule has 98 valence electrons. The molecule has 0 saturated carbocycles. The zero-order valence-corrected chi connectivity index (χ0v) is 10.5. The molecule has 3 rings (SSSR count). The Bertz CT molecular complexity index is 852. The van der Waals surface area contributed by atoms with Crippen LogP contribution in [0.15, 0.2) is 38.9 Å². The predicted molar refractivity (Wildman–Crippen MR) is 68.0 cm³/mol. The van der Waals surface area contributed by atoms with Gasteiger partial charge >= 0.3 is 5.69 Å². The lowest BCUT2D eigenvalue weighted by Crippen LogP contribution is -2.39. The highest BCUT2D eigenvalue weighted by Gasteiger charge is 2.15. The molecule has 19 heavy (non-hydrogen) atoms. The molecule has 7 heteroatoms. The molecule has 0 radical (unpaired) electrons. The van der Waals surface area contributed by atoms with E-state index >= 15 is 0 Å². The van der Waals surface area contributed by atoms with Crippen LogP contribution in [0.1, 0.15) is 5.56 Å². The van der Waals surface area contributed by atoms with Crippen molar-refractivity contribution in [3.63, 3.8) is 0 Å². The maximum absolute atomic E-state index is 12.4. The van der Waals surface area contributed by atoms with Crippen molar-refractivity contribution in [1.82, 2.24) is 18.7 Å². The molecule has 0 atom stereocenters. The van der Waals surface area contributed by atoms with E-state index in [1.54, 1.807) is 24.7 Å². The molecule has 0 amide bonds. The van der Waals surface area contributed by atoms with E-state index in [0.29, 0.717) is 11.2 Å². The summed E-state index contributed by atoms with van der Waals surface area (Å²) in [5.74, 6) is 0. The Hall–Kier alpha value is -2.57. The standard InChI is InChI=1S/C12H12N4O3/c1-14-7-13-10-9(14)11(17)16(12(18)15(10)2)5-8-3-4-19-6-8/h3-4,6-7H,5H2,1-2H3. The lowest BCUT2D eigenvalue weighted by Gasteiger charge is -2.07. The van der Waals surface area contributed by atoms with E-state index in [1.165, 1.54) is 28.0 Å². The number of fused-ring (bicyclic) bond motifs is 1. The molecule has 0 saturated heterocycles. The molecule has 3 aromatic rings. The van der Waals surface area contributed by atoms with E-state index in [-0.39, 0.29) is 12.1 Å². The van der Waals surface area contributed by atoms with Crippen LogP contribution in [-0.4, -0.2) is 18.7 Å². The molecular weight excluding hydrogens is 248 g/mol. The lowest BCUT2D eigenvalue weighted by molar-refractivity contribution is 0.559. The van der Waals surface area contributed by atoms with Crippen LogP contribution in [0.4, 0.5) is 0 Å². The fourth-order valence-electron chi connectivity index (χ4n) is 2.10. The van der Waals surface area contributed by atoms with Crippen LogP contribution in [0.25, 0.3) is 11.2 Å². The largest absolute Gasteiger partial charge is 0.472 e. The summed E-state index contributed by atoms with van der Waals surface area (Å²) in [6.07, 6.45) is 4.54. The van der Waals surface area contributed by atoms with Gasteiger partial charge in [0.05, 0.1) is 25.4 Å². The van der Waals surface area contributed by atoms with Gasteiger partial charge in [-0.15, -0.1) is 0 Å². The van der Waals surface area contributed by atoms with E-state index in [0.717, 1.165) is 5.56 Å². The molecule has 0 N–H and O–H groups in total. The minimum absolute atomic E-state index is 0.184. The van der Waals surface area contributed by atoms with Crippen LogP contribution in [0.5, 0.6) is 0 Å². The van der Waals surface area contributed by atoms with Gasteiger partial charge in [0, 0.05) is 19.7 Å². The zero-order valence-electron chi connectivity index (χ0n) is 10.5. The van der Waals surface area contributed by atoms with Gasteiger partial charge in [0.1, 0.15) is 0 Å². The van der Waals surface area contributed by atoms with Gasteiger partial charge in [-0.25, -0.2) is 9.78 Å². The second-order valence-electron chi connectivity index (χ2n) is 4.39. The van der Waals surface area contributed by atoms with Crippen molar-refractivity contribution in [2.75, 3.05) is 0 Å². The first-order chi connectivity index (χ1) is 9.09. The monoisotopic (exact) mass is 260 g/mol. The number of rotatable bonds is 2. The second-order valence-corrected chi connectivity index (χ2v) is 4.39. The molecule has 0 unspecified atom stereocenters. The molecule has 0 fully saturated rings. The van der Waals surface area contributed by atoms with Crippen LogP contribution in [0, 0.1) is 0 Å². The summed E-state index contributed by atoms with van der Waals surface area (Å²) in [6, 6.07) is 1.72. The summed E-state index contributed by atoms with van der Waals surface area (Å²) >= 11 is 0. The van der Waals surface area contributed by atoms with Crippen molar-refractivity contribution in [1.29, 1.82) is 0 Å². The Morgan fingerprint density at radius 3 is 2.79 bits per heavy atom. The first-order valence-corrected chi connectivity index (χ1v) is 5.71. The van der Waals surface area contributed by atoms with E-state index < -0.39 is 5.69 Å². The predicted octanol–water partition coefficient (Wildman–Crippen LogP) is 0.0750. The maximum atomic E-state index is 12.4. The van der Waals surface area contributed by atoms with E-state index in [4.69, 9.17) is 4.42 Å². The highest BCUT2D eigenvalue weighted by atomic mass is 16.3. The smallest absolute Gasteiger partial charge is 0.332 e. The quantitative estimate of drug-likeness (QED) is 0.653. The molecule has 0 aliphatic heterocycles. The highest BCUT2D eigenvalue weighted by Crippen LogP contribution is 2.05. The van der Waals surface area contributed by atoms with Crippen molar-refractivity contribution in [3.8, 4) is 0 Å². The molecule has 3 aromatic heterocycles. The number of imidazole rings is 1. The summed E-state index contributed by atoms with van der Waals surface area (Å²) in [6.45, 7) is 0.184. The van der Waals surface area contributed by atoms with Gasteiger partial charge in [0.15, 0.2) is 11.2 Å². The average Bonchev–Trinajstić information content (AvgIpc) is 3.01. The minimum Gasteiger partial charge on any atom is -0.472 e. The van der Waals surface area contributed by atoms with Gasteiger partial charge in [-0.1, -0.05) is 0 Å². The number of hydrogen-bond donors (Lipinski definition) is 0. The van der Waals surface area contributed by atoms with Crippen LogP contribution in [-0.2, 0) is 20.6 Å². The Labute approximate surface area is 107 Å². The first kappa shape index (κ1) is 11.5. The fraction of sp³-hybridized carbons (Fsp3) is 0.250. The van der Waals surface area contributed by atoms with Crippen LogP contribution >= 0.6 is 0 Å². The molecular formula is C12H12N4O3. The minimum atomic E-state index is -0.391. The summed E-state index contributed by atoms with van der Waals surface area (Å²) in [5, 5.41) is 0. The molecule has 0 aliphatic carbocycles. The normalized spacial score (nSPS) is 11.3. The van der Waals surface area contributed by atoms with Gasteiger partial charge in [0.25, 0.3) is 5.56 Å². The third-order valence-corrected chi connectivity index (χ3v) is 3.12. The number of hydrogen-bond acceptors (Lipinski definition) is 4. The van der Waals surface area contributed by atoms with Gasteiger partial charge in [-0.05, 0) is 6.07 Å². The summed E-state index contributed by atoms with van der Waals surface area (Å²) in [7, 11) is 3.33. The van der Waals surface area contributed by atoms with E-state index in [1.807, 2.05) is 0 Å². The Morgan fingerprint density at radius 2 is 2.11 bits per heavy atom. The van der Waals surface area contributed by atoms with Crippen molar-refractivity contribution in [2.45, 2.75) is 6.54 Å². The fourth-order valence-corrected chi connectivity index (χ4v) is 2.10. The maximum Gasteiger partial charge on any atom is 0.332 e. The van der Waals surface area contributed by atoms with Gasteiger partial charge < -0.3 is 8.98 Å². The number of nitrogens with zero attached hydrogens (tertiary/aromatic N) is 4. The Kier molecular flexibility index (Phi) is 2.41. The Balaban J connectivity index is 2.33. The van der Waals surface area contributed by atoms with Crippen molar-refractivity contribution < 1.29 is 4.42 Å². The molecule has 0 aliphatic rings. The van der Waals surface area contributed by atoms with Crippen molar-refractivity contribution >= 4 is 11.2 Å². The van der Waals surface area contributed by atoms with E-state index in [2.05, 4.69) is 4.98 Å². The van der Waals surface area contributed by atoms with Gasteiger partial charge in [0.2, 0.25) is 0 Å². The van der Waals surface area contributed by atoms with Crippen LogP contribution in [0.2, 0.25) is 0 Å². The lowest BCUT2D eigenvalue weighted by atomic mass is 10.3. The van der Waals surface area contributed by atoms with Gasteiger partial charge in [-0.2, -0.15) is 0 Å². The molecule has 0 aromatic carbocycles. The summed E-state index contributed by atoms with van der Waals surface area (Å²) in [5.41, 5.74) is 0.823. The number of furan rings is 1. The third kappa shape index (κ3) is 1.62. The SMILES string of the molecule is Cn1cnc2c1c(=O)n(Cc1ccoc1)c(=O)n2C. The highest BCUT2D eigenvalue weighted by molar-refractivity contribution is 5.69. The molecule has 0 bridgehead atoms. The molecule has 3 heterocycles. The van der Waals surface area contributed by atoms with E-state index in [9.17, 15) is 9.59 Å².